The van der Waals surface area contributed by atoms with Crippen LogP contribution >= 0.6 is 0 Å². The van der Waals surface area contributed by atoms with E-state index in [0.29, 0.717) is 24.0 Å². The zero-order chi connectivity index (χ0) is 41.9. The Balaban J connectivity index is 1.19. The Morgan fingerprint density at radius 2 is 0.810 bits per heavy atom. The number of benzene rings is 8. The lowest BCUT2D eigenvalue weighted by molar-refractivity contribution is 0.953. The smallest absolute Gasteiger partial charge is 0.238 e. The van der Waals surface area contributed by atoms with Gasteiger partial charge in [-0.05, 0) is 57.7 Å². The SMILES string of the molecule is C=C1C=CC(c2ccccc2)=C(n2c3ccccc3c3ccc4c5ccccc5n(-c5nc(-c6cccc(-c7ccccc7)c6)nc(-c6cccc(-c7ccccc7)c6)n5)c4c32)C1. The van der Waals surface area contributed by atoms with Crippen LogP contribution in [0.4, 0.5) is 0 Å². The fraction of sp³-hybridized carbons (Fsp3) is 0.0172. The molecular weight excluding hydrogens is 767 g/mol. The third-order valence-corrected chi connectivity index (χ3v) is 12.3. The third-order valence-electron chi connectivity index (χ3n) is 12.3. The summed E-state index contributed by atoms with van der Waals surface area (Å²) in [5.41, 5.74) is 15.1. The summed E-state index contributed by atoms with van der Waals surface area (Å²) in [6, 6.07) is 70.5. The van der Waals surface area contributed by atoms with Crippen LogP contribution in [0.2, 0.25) is 0 Å². The molecule has 12 rings (SSSR count). The van der Waals surface area contributed by atoms with Gasteiger partial charge in [0.15, 0.2) is 11.6 Å². The van der Waals surface area contributed by atoms with Crippen LogP contribution in [-0.4, -0.2) is 24.1 Å². The van der Waals surface area contributed by atoms with Gasteiger partial charge in [-0.3, -0.25) is 4.57 Å². The molecule has 0 amide bonds. The maximum Gasteiger partial charge on any atom is 0.238 e. The normalized spacial score (nSPS) is 12.9. The first-order valence-corrected chi connectivity index (χ1v) is 21.3. The summed E-state index contributed by atoms with van der Waals surface area (Å²) in [5, 5.41) is 4.58. The van der Waals surface area contributed by atoms with Crippen molar-refractivity contribution in [1.82, 2.24) is 24.1 Å². The highest BCUT2D eigenvalue weighted by Gasteiger charge is 2.26. The highest BCUT2D eigenvalue weighted by molar-refractivity contribution is 6.24. The number of nitrogens with zero attached hydrogens (tertiary/aromatic N) is 5. The molecule has 11 aromatic rings. The van der Waals surface area contributed by atoms with Gasteiger partial charge in [0, 0.05) is 50.4 Å². The molecule has 63 heavy (non-hydrogen) atoms. The van der Waals surface area contributed by atoms with Crippen molar-refractivity contribution in [2.24, 2.45) is 0 Å². The topological polar surface area (TPSA) is 48.5 Å². The highest BCUT2D eigenvalue weighted by atomic mass is 15.2. The van der Waals surface area contributed by atoms with Gasteiger partial charge in [0.25, 0.3) is 0 Å². The molecule has 3 aromatic heterocycles. The van der Waals surface area contributed by atoms with E-state index in [0.717, 1.165) is 82.7 Å². The maximum absolute atomic E-state index is 5.46. The van der Waals surface area contributed by atoms with Crippen molar-refractivity contribution in [1.29, 1.82) is 0 Å². The van der Waals surface area contributed by atoms with Crippen LogP contribution in [0.5, 0.6) is 0 Å². The molecule has 0 spiro atoms. The molecule has 1 aliphatic rings. The second kappa shape index (κ2) is 14.9. The summed E-state index contributed by atoms with van der Waals surface area (Å²) in [7, 11) is 0. The van der Waals surface area contributed by atoms with Gasteiger partial charge in [0.05, 0.1) is 22.1 Å². The Hall–Kier alpha value is -8.41. The summed E-state index contributed by atoms with van der Waals surface area (Å²) in [6.07, 6.45) is 5.07. The Morgan fingerprint density at radius 3 is 1.37 bits per heavy atom. The minimum Gasteiger partial charge on any atom is -0.310 e. The van der Waals surface area contributed by atoms with Gasteiger partial charge in [-0.1, -0.05) is 195 Å². The van der Waals surface area contributed by atoms with Gasteiger partial charge < -0.3 is 4.57 Å². The fourth-order valence-corrected chi connectivity index (χ4v) is 9.40. The number of hydrogen-bond donors (Lipinski definition) is 0. The van der Waals surface area contributed by atoms with Crippen molar-refractivity contribution in [3.8, 4) is 51.0 Å². The predicted octanol–water partition coefficient (Wildman–Crippen LogP) is 14.6. The van der Waals surface area contributed by atoms with Crippen molar-refractivity contribution in [3.63, 3.8) is 0 Å². The summed E-state index contributed by atoms with van der Waals surface area (Å²) < 4.78 is 4.75. The molecule has 0 fully saturated rings. The summed E-state index contributed by atoms with van der Waals surface area (Å²) in [4.78, 5) is 16.2. The van der Waals surface area contributed by atoms with Crippen LogP contribution in [0.15, 0.2) is 224 Å². The second-order valence-corrected chi connectivity index (χ2v) is 16.1. The molecule has 0 saturated heterocycles. The molecule has 0 bridgehead atoms. The summed E-state index contributed by atoms with van der Waals surface area (Å²) in [5.74, 6) is 1.74. The van der Waals surface area contributed by atoms with E-state index < -0.39 is 0 Å². The highest BCUT2D eigenvalue weighted by Crippen LogP contribution is 2.44. The Kier molecular flexibility index (Phi) is 8.64. The standard InChI is InChI=1S/C58H39N5/c1-38-31-32-46(41-21-9-4-10-22-41)53(35-38)62-51-29-13-11-27-47(51)49-33-34-50-48-28-12-14-30-52(48)63(55(50)54(49)62)58-60-56(44-25-15-23-42(36-44)39-17-5-2-6-18-39)59-57(61-58)45-26-16-24-43(37-45)40-19-7-3-8-20-40/h2-34,36-37H,1,35H2. The van der Waals surface area contributed by atoms with Crippen molar-refractivity contribution in [3.05, 3.63) is 230 Å². The Labute approximate surface area is 364 Å². The van der Waals surface area contributed by atoms with E-state index in [2.05, 4.69) is 216 Å². The van der Waals surface area contributed by atoms with Crippen molar-refractivity contribution in [2.45, 2.75) is 6.42 Å². The number of aromatic nitrogens is 5. The zero-order valence-electron chi connectivity index (χ0n) is 34.4. The van der Waals surface area contributed by atoms with E-state index in [1.54, 1.807) is 0 Å². The average molecular weight is 806 g/mol. The largest absolute Gasteiger partial charge is 0.310 e. The third kappa shape index (κ3) is 6.21. The molecule has 0 atom stereocenters. The van der Waals surface area contributed by atoms with Crippen LogP contribution in [0.1, 0.15) is 12.0 Å². The molecule has 5 nitrogen and oxygen atoms in total. The molecule has 0 saturated carbocycles. The fourth-order valence-electron chi connectivity index (χ4n) is 9.40. The molecule has 5 heteroatoms. The van der Waals surface area contributed by atoms with E-state index in [-0.39, 0.29) is 0 Å². The van der Waals surface area contributed by atoms with E-state index in [1.165, 1.54) is 16.7 Å². The minimum absolute atomic E-state index is 0.547. The molecule has 296 valence electrons. The van der Waals surface area contributed by atoms with Gasteiger partial charge in [-0.15, -0.1) is 0 Å². The monoisotopic (exact) mass is 805 g/mol. The van der Waals surface area contributed by atoms with Crippen LogP contribution in [-0.2, 0) is 0 Å². The number of rotatable bonds is 7. The summed E-state index contributed by atoms with van der Waals surface area (Å²) in [6.45, 7) is 4.49. The summed E-state index contributed by atoms with van der Waals surface area (Å²) >= 11 is 0. The van der Waals surface area contributed by atoms with E-state index >= 15 is 0 Å². The van der Waals surface area contributed by atoms with Gasteiger partial charge >= 0.3 is 0 Å². The molecule has 3 heterocycles. The molecule has 0 aliphatic heterocycles. The van der Waals surface area contributed by atoms with Crippen LogP contribution in [0.3, 0.4) is 0 Å². The molecule has 1 aliphatic carbocycles. The molecule has 0 N–H and O–H groups in total. The second-order valence-electron chi connectivity index (χ2n) is 16.1. The van der Waals surface area contributed by atoms with Crippen molar-refractivity contribution < 1.29 is 0 Å². The van der Waals surface area contributed by atoms with Crippen molar-refractivity contribution >= 4 is 54.9 Å². The van der Waals surface area contributed by atoms with E-state index in [1.807, 2.05) is 12.1 Å². The van der Waals surface area contributed by atoms with Crippen molar-refractivity contribution in [2.75, 3.05) is 0 Å². The van der Waals surface area contributed by atoms with Crippen LogP contribution < -0.4 is 0 Å². The lowest BCUT2D eigenvalue weighted by atomic mass is 9.94. The first kappa shape index (κ1) is 36.4. The number of allylic oxidation sites excluding steroid dienone is 5. The lowest BCUT2D eigenvalue weighted by Gasteiger charge is -2.22. The molecule has 8 aromatic carbocycles. The predicted molar refractivity (Wildman–Crippen MR) is 261 cm³/mol. The average Bonchev–Trinajstić information content (AvgIpc) is 3.88. The number of fused-ring (bicyclic) bond motifs is 7. The van der Waals surface area contributed by atoms with Gasteiger partial charge in [-0.2, -0.15) is 9.97 Å². The number of hydrogen-bond acceptors (Lipinski definition) is 3. The van der Waals surface area contributed by atoms with Crippen LogP contribution in [0, 0.1) is 0 Å². The first-order valence-electron chi connectivity index (χ1n) is 21.3. The minimum atomic E-state index is 0.547. The van der Waals surface area contributed by atoms with E-state index in [9.17, 15) is 0 Å². The Bertz CT molecular complexity index is 3550. The molecule has 0 radical (unpaired) electrons. The lowest BCUT2D eigenvalue weighted by Crippen LogP contribution is -2.08. The van der Waals surface area contributed by atoms with Gasteiger partial charge in [0.2, 0.25) is 5.95 Å². The first-order chi connectivity index (χ1) is 31.2. The van der Waals surface area contributed by atoms with Gasteiger partial charge in [-0.25, -0.2) is 4.98 Å². The molecule has 0 unspecified atom stereocenters. The Morgan fingerprint density at radius 1 is 0.365 bits per heavy atom. The maximum atomic E-state index is 5.46. The van der Waals surface area contributed by atoms with Crippen LogP contribution in [0.25, 0.3) is 106 Å². The molecular formula is C58H39N5. The van der Waals surface area contributed by atoms with E-state index in [4.69, 9.17) is 15.0 Å². The van der Waals surface area contributed by atoms with Gasteiger partial charge in [0.1, 0.15) is 0 Å². The number of para-hydroxylation sites is 2. The zero-order valence-corrected chi connectivity index (χ0v) is 34.4. The quantitative estimate of drug-likeness (QED) is 0.161.